The van der Waals surface area contributed by atoms with Gasteiger partial charge in [0.15, 0.2) is 0 Å². The van der Waals surface area contributed by atoms with Gasteiger partial charge in [0, 0.05) is 30.6 Å². The van der Waals surface area contributed by atoms with E-state index in [1.165, 1.54) is 12.1 Å². The maximum atomic E-state index is 13.2. The van der Waals surface area contributed by atoms with Crippen LogP contribution in [0.25, 0.3) is 0 Å². The number of benzene rings is 1. The molecule has 0 aliphatic carbocycles. The van der Waals surface area contributed by atoms with Crippen molar-refractivity contribution >= 4 is 0 Å². The molecule has 0 amide bonds. The van der Waals surface area contributed by atoms with Crippen LogP contribution in [-0.2, 0) is 4.74 Å². The third-order valence-electron chi connectivity index (χ3n) is 3.79. The molecule has 3 rings (SSSR count). The largest absolute Gasteiger partial charge is 0.489 e. The van der Waals surface area contributed by atoms with E-state index in [4.69, 9.17) is 9.47 Å². The zero-order chi connectivity index (χ0) is 12.5. The molecule has 1 aromatic rings. The molecule has 4 heteroatoms. The van der Waals surface area contributed by atoms with Gasteiger partial charge >= 0.3 is 0 Å². The molecule has 98 valence electrons. The Morgan fingerprint density at radius 1 is 1.33 bits per heavy atom. The Hall–Kier alpha value is -1.13. The predicted molar refractivity (Wildman–Crippen MR) is 63.9 cm³/mol. The highest BCUT2D eigenvalue weighted by Crippen LogP contribution is 2.38. The summed E-state index contributed by atoms with van der Waals surface area (Å²) in [5, 5.41) is 10.1. The first-order chi connectivity index (χ1) is 8.74. The van der Waals surface area contributed by atoms with Crippen LogP contribution in [0.3, 0.4) is 0 Å². The molecule has 0 saturated carbocycles. The molecule has 18 heavy (non-hydrogen) atoms. The number of fused-ring (bicyclic) bond motifs is 1. The van der Waals surface area contributed by atoms with Gasteiger partial charge in [0.25, 0.3) is 0 Å². The summed E-state index contributed by atoms with van der Waals surface area (Å²) in [5.74, 6) is 0.440. The van der Waals surface area contributed by atoms with Gasteiger partial charge in [-0.1, -0.05) is 0 Å². The van der Waals surface area contributed by atoms with Crippen LogP contribution >= 0.6 is 0 Å². The van der Waals surface area contributed by atoms with E-state index in [-0.39, 0.29) is 11.9 Å². The molecule has 1 N–H and O–H groups in total. The van der Waals surface area contributed by atoms with E-state index >= 15 is 0 Å². The van der Waals surface area contributed by atoms with Gasteiger partial charge in [-0.15, -0.1) is 0 Å². The van der Waals surface area contributed by atoms with E-state index in [9.17, 15) is 9.50 Å². The number of halogens is 1. The summed E-state index contributed by atoms with van der Waals surface area (Å²) in [6, 6.07) is 4.31. The monoisotopic (exact) mass is 252 g/mol. The smallest absolute Gasteiger partial charge is 0.128 e. The van der Waals surface area contributed by atoms with Crippen molar-refractivity contribution in [3.8, 4) is 5.75 Å². The van der Waals surface area contributed by atoms with Crippen molar-refractivity contribution in [3.63, 3.8) is 0 Å². The van der Waals surface area contributed by atoms with Gasteiger partial charge in [0.1, 0.15) is 17.7 Å². The molecule has 2 aliphatic heterocycles. The molecule has 2 aliphatic rings. The molecule has 3 nitrogen and oxygen atoms in total. The highest BCUT2D eigenvalue weighted by atomic mass is 19.1. The van der Waals surface area contributed by atoms with Crippen LogP contribution in [0.1, 0.15) is 30.9 Å². The Kier molecular flexibility index (Phi) is 3.22. The fourth-order valence-corrected chi connectivity index (χ4v) is 2.79. The number of rotatable bonds is 1. The van der Waals surface area contributed by atoms with Gasteiger partial charge in [0.05, 0.1) is 12.7 Å². The van der Waals surface area contributed by atoms with E-state index in [1.54, 1.807) is 6.07 Å². The van der Waals surface area contributed by atoms with Crippen molar-refractivity contribution in [1.29, 1.82) is 0 Å². The van der Waals surface area contributed by atoms with Crippen LogP contribution in [0, 0.1) is 11.7 Å². The highest BCUT2D eigenvalue weighted by Gasteiger charge is 2.33. The summed E-state index contributed by atoms with van der Waals surface area (Å²) in [5.41, 5.74) is 0.685. The van der Waals surface area contributed by atoms with Gasteiger partial charge in [-0.3, -0.25) is 0 Å². The zero-order valence-electron chi connectivity index (χ0n) is 10.1. The first-order valence-electron chi connectivity index (χ1n) is 6.46. The Labute approximate surface area is 106 Å². The van der Waals surface area contributed by atoms with Gasteiger partial charge in [-0.2, -0.15) is 0 Å². The Morgan fingerprint density at radius 3 is 3.00 bits per heavy atom. The first-order valence-corrected chi connectivity index (χ1v) is 6.46. The summed E-state index contributed by atoms with van der Waals surface area (Å²) in [4.78, 5) is 0. The van der Waals surface area contributed by atoms with E-state index in [1.807, 2.05) is 0 Å². The van der Waals surface area contributed by atoms with Crippen LogP contribution in [0.4, 0.5) is 4.39 Å². The van der Waals surface area contributed by atoms with Gasteiger partial charge in [-0.05, 0) is 25.0 Å². The molecule has 1 aromatic carbocycles. The van der Waals surface area contributed by atoms with Crippen LogP contribution < -0.4 is 4.74 Å². The van der Waals surface area contributed by atoms with E-state index < -0.39 is 6.10 Å². The van der Waals surface area contributed by atoms with Gasteiger partial charge < -0.3 is 14.6 Å². The molecule has 1 saturated heterocycles. The lowest BCUT2D eigenvalue weighted by Crippen LogP contribution is -2.37. The average Bonchev–Trinajstić information content (AvgIpc) is 2.39. The molecule has 0 radical (unpaired) electrons. The maximum Gasteiger partial charge on any atom is 0.128 e. The predicted octanol–water partition coefficient (Wildman–Crippen LogP) is 2.44. The Bertz CT molecular complexity index is 429. The van der Waals surface area contributed by atoms with E-state index in [0.717, 1.165) is 19.4 Å². The second-order valence-electron chi connectivity index (χ2n) is 5.07. The minimum Gasteiger partial charge on any atom is -0.489 e. The van der Waals surface area contributed by atoms with Crippen molar-refractivity contribution in [3.05, 3.63) is 29.6 Å². The second kappa shape index (κ2) is 4.86. The SMILES string of the molecule is OC1CC(C2CCCOC2)Oc2cc(F)ccc21. The summed E-state index contributed by atoms with van der Waals surface area (Å²) < 4.78 is 24.5. The fraction of sp³-hybridized carbons (Fsp3) is 0.571. The Balaban J connectivity index is 1.81. The molecular weight excluding hydrogens is 235 g/mol. The average molecular weight is 252 g/mol. The van der Waals surface area contributed by atoms with E-state index in [2.05, 4.69) is 0 Å². The molecular formula is C14H17FO3. The standard InChI is InChI=1S/C14H17FO3/c15-10-3-4-11-12(16)7-13(18-14(11)6-10)9-2-1-5-17-8-9/h3-4,6,9,12-13,16H,1-2,5,7-8H2. The van der Waals surface area contributed by atoms with Crippen LogP contribution in [0.5, 0.6) is 5.75 Å². The Morgan fingerprint density at radius 2 is 2.22 bits per heavy atom. The second-order valence-corrected chi connectivity index (χ2v) is 5.07. The number of hydrogen-bond donors (Lipinski definition) is 1. The van der Waals surface area contributed by atoms with Crippen molar-refractivity contribution in [2.45, 2.75) is 31.5 Å². The van der Waals surface area contributed by atoms with Crippen molar-refractivity contribution < 1.29 is 19.0 Å². The van der Waals surface area contributed by atoms with Crippen molar-refractivity contribution in [1.82, 2.24) is 0 Å². The normalized spacial score (nSPS) is 31.6. The maximum absolute atomic E-state index is 13.2. The van der Waals surface area contributed by atoms with Gasteiger partial charge in [-0.25, -0.2) is 4.39 Å². The summed E-state index contributed by atoms with van der Waals surface area (Å²) in [6.45, 7) is 1.47. The van der Waals surface area contributed by atoms with E-state index in [0.29, 0.717) is 30.3 Å². The minimum absolute atomic E-state index is 0.0744. The zero-order valence-corrected chi connectivity index (χ0v) is 10.1. The highest BCUT2D eigenvalue weighted by molar-refractivity contribution is 5.37. The summed E-state index contributed by atoms with van der Waals surface area (Å²) in [6.07, 6.45) is 1.99. The minimum atomic E-state index is -0.568. The van der Waals surface area contributed by atoms with Crippen LogP contribution in [0.2, 0.25) is 0 Å². The van der Waals surface area contributed by atoms with Gasteiger partial charge in [0.2, 0.25) is 0 Å². The number of hydrogen-bond acceptors (Lipinski definition) is 3. The van der Waals surface area contributed by atoms with Crippen LogP contribution in [0.15, 0.2) is 18.2 Å². The van der Waals surface area contributed by atoms with Crippen LogP contribution in [-0.4, -0.2) is 24.4 Å². The number of ether oxygens (including phenoxy) is 2. The number of aliphatic hydroxyl groups is 1. The first kappa shape index (κ1) is 11.9. The molecule has 2 heterocycles. The molecule has 0 spiro atoms. The topological polar surface area (TPSA) is 38.7 Å². The molecule has 0 bridgehead atoms. The molecule has 1 fully saturated rings. The molecule has 0 aromatic heterocycles. The third kappa shape index (κ3) is 2.22. The lowest BCUT2D eigenvalue weighted by molar-refractivity contribution is -0.0287. The van der Waals surface area contributed by atoms with Crippen molar-refractivity contribution in [2.24, 2.45) is 5.92 Å². The summed E-state index contributed by atoms with van der Waals surface area (Å²) in [7, 11) is 0. The quantitative estimate of drug-likeness (QED) is 0.834. The lowest BCUT2D eigenvalue weighted by atomic mass is 9.88. The van der Waals surface area contributed by atoms with Crippen molar-refractivity contribution in [2.75, 3.05) is 13.2 Å². The molecule has 3 atom stereocenters. The lowest BCUT2D eigenvalue weighted by Gasteiger charge is -2.36. The molecule has 3 unspecified atom stereocenters. The third-order valence-corrected chi connectivity index (χ3v) is 3.79. The number of aliphatic hydroxyl groups excluding tert-OH is 1. The summed E-state index contributed by atoms with van der Waals surface area (Å²) >= 11 is 0. The fourth-order valence-electron chi connectivity index (χ4n) is 2.79.